The van der Waals surface area contributed by atoms with Crippen molar-refractivity contribution in [3.8, 4) is 0 Å². The molecular formula is C17H24N4O2. The van der Waals surface area contributed by atoms with Gasteiger partial charge in [0.2, 0.25) is 5.91 Å². The second-order valence-corrected chi connectivity index (χ2v) is 6.38. The highest BCUT2D eigenvalue weighted by Gasteiger charge is 2.30. The molecule has 3 heterocycles. The van der Waals surface area contributed by atoms with Gasteiger partial charge in [-0.1, -0.05) is 0 Å². The van der Waals surface area contributed by atoms with E-state index in [0.717, 1.165) is 45.3 Å². The summed E-state index contributed by atoms with van der Waals surface area (Å²) in [4.78, 5) is 30.7. The maximum atomic E-state index is 12.5. The number of nitrogens with one attached hydrogen (secondary N) is 2. The van der Waals surface area contributed by atoms with Gasteiger partial charge in [-0.05, 0) is 44.4 Å². The summed E-state index contributed by atoms with van der Waals surface area (Å²) in [7, 11) is 0. The molecule has 0 bridgehead atoms. The maximum Gasteiger partial charge on any atom is 0.253 e. The molecule has 3 rings (SSSR count). The SMILES string of the molecule is O=C(NC1CCCNC1)C1CCCN(C(=O)c2ccncc2)C1. The van der Waals surface area contributed by atoms with E-state index >= 15 is 0 Å². The minimum atomic E-state index is -0.100. The van der Waals surface area contributed by atoms with E-state index in [4.69, 9.17) is 0 Å². The first-order valence-electron chi connectivity index (χ1n) is 8.44. The maximum absolute atomic E-state index is 12.5. The van der Waals surface area contributed by atoms with Crippen LogP contribution in [0.5, 0.6) is 0 Å². The summed E-state index contributed by atoms with van der Waals surface area (Å²) in [6, 6.07) is 3.67. The van der Waals surface area contributed by atoms with Crippen molar-refractivity contribution in [1.82, 2.24) is 20.5 Å². The molecule has 2 aliphatic rings. The zero-order chi connectivity index (χ0) is 16.1. The molecule has 1 aromatic heterocycles. The van der Waals surface area contributed by atoms with Gasteiger partial charge in [-0.25, -0.2) is 0 Å². The first-order chi connectivity index (χ1) is 11.2. The number of nitrogens with zero attached hydrogens (tertiary/aromatic N) is 2. The standard InChI is InChI=1S/C17H24N4O2/c22-16(20-15-4-1-7-19-11-15)14-3-2-10-21(12-14)17(23)13-5-8-18-9-6-13/h5-6,8-9,14-15,19H,1-4,7,10-12H2,(H,20,22). The fourth-order valence-corrected chi connectivity index (χ4v) is 3.35. The van der Waals surface area contributed by atoms with Crippen molar-refractivity contribution in [1.29, 1.82) is 0 Å². The Bertz CT molecular complexity index is 543. The topological polar surface area (TPSA) is 74.3 Å². The number of likely N-dealkylation sites (tertiary alicyclic amines) is 1. The molecule has 2 fully saturated rings. The molecule has 0 saturated carbocycles. The number of carbonyl (C=O) groups excluding carboxylic acids is 2. The second kappa shape index (κ2) is 7.55. The Hall–Kier alpha value is -1.95. The van der Waals surface area contributed by atoms with Crippen LogP contribution in [0, 0.1) is 5.92 Å². The van der Waals surface area contributed by atoms with Gasteiger partial charge in [-0.3, -0.25) is 14.6 Å². The summed E-state index contributed by atoms with van der Waals surface area (Å²) in [6.07, 6.45) is 7.10. The summed E-state index contributed by atoms with van der Waals surface area (Å²) in [5, 5.41) is 6.44. The van der Waals surface area contributed by atoms with Crippen molar-refractivity contribution in [2.45, 2.75) is 31.7 Å². The number of amides is 2. The number of carbonyl (C=O) groups is 2. The number of hydrogen-bond acceptors (Lipinski definition) is 4. The molecule has 23 heavy (non-hydrogen) atoms. The molecule has 2 aliphatic heterocycles. The van der Waals surface area contributed by atoms with Gasteiger partial charge >= 0.3 is 0 Å². The second-order valence-electron chi connectivity index (χ2n) is 6.38. The molecule has 2 N–H and O–H groups in total. The van der Waals surface area contributed by atoms with Crippen LogP contribution in [0.2, 0.25) is 0 Å². The molecule has 0 spiro atoms. The Balaban J connectivity index is 1.57. The van der Waals surface area contributed by atoms with Crippen LogP contribution >= 0.6 is 0 Å². The van der Waals surface area contributed by atoms with Crippen LogP contribution in [0.15, 0.2) is 24.5 Å². The lowest BCUT2D eigenvalue weighted by atomic mass is 9.95. The number of hydrogen-bond donors (Lipinski definition) is 2. The third kappa shape index (κ3) is 4.07. The molecule has 0 radical (unpaired) electrons. The van der Waals surface area contributed by atoms with Gasteiger partial charge in [-0.15, -0.1) is 0 Å². The Labute approximate surface area is 136 Å². The van der Waals surface area contributed by atoms with Crippen LogP contribution in [0.1, 0.15) is 36.0 Å². The fraction of sp³-hybridized carbons (Fsp3) is 0.588. The Kier molecular flexibility index (Phi) is 5.23. The Morgan fingerprint density at radius 2 is 2.04 bits per heavy atom. The van der Waals surface area contributed by atoms with E-state index in [2.05, 4.69) is 15.6 Å². The van der Waals surface area contributed by atoms with Crippen molar-refractivity contribution < 1.29 is 9.59 Å². The Morgan fingerprint density at radius 1 is 1.22 bits per heavy atom. The highest BCUT2D eigenvalue weighted by molar-refractivity contribution is 5.94. The monoisotopic (exact) mass is 316 g/mol. The molecule has 0 aliphatic carbocycles. The van der Waals surface area contributed by atoms with Crippen LogP contribution in [0.4, 0.5) is 0 Å². The quantitative estimate of drug-likeness (QED) is 0.865. The molecule has 2 atom stereocenters. The van der Waals surface area contributed by atoms with Crippen molar-refractivity contribution >= 4 is 11.8 Å². The highest BCUT2D eigenvalue weighted by atomic mass is 16.2. The van der Waals surface area contributed by atoms with Crippen molar-refractivity contribution in [2.24, 2.45) is 5.92 Å². The van der Waals surface area contributed by atoms with E-state index in [1.54, 1.807) is 29.4 Å². The molecule has 124 valence electrons. The normalized spacial score (nSPS) is 25.0. The van der Waals surface area contributed by atoms with E-state index in [-0.39, 0.29) is 23.8 Å². The van der Waals surface area contributed by atoms with Crippen LogP contribution in [0.3, 0.4) is 0 Å². The lowest BCUT2D eigenvalue weighted by Gasteiger charge is -2.33. The van der Waals surface area contributed by atoms with Crippen LogP contribution in [0.25, 0.3) is 0 Å². The largest absolute Gasteiger partial charge is 0.352 e. The summed E-state index contributed by atoms with van der Waals surface area (Å²) < 4.78 is 0. The summed E-state index contributed by atoms with van der Waals surface area (Å²) >= 11 is 0. The van der Waals surface area contributed by atoms with Crippen LogP contribution in [-0.4, -0.2) is 53.9 Å². The number of pyridine rings is 1. The summed E-state index contributed by atoms with van der Waals surface area (Å²) in [5.41, 5.74) is 0.637. The average Bonchev–Trinajstić information content (AvgIpc) is 2.63. The molecular weight excluding hydrogens is 292 g/mol. The molecule has 6 heteroatoms. The zero-order valence-electron chi connectivity index (χ0n) is 13.3. The predicted octanol–water partition coefficient (Wildman–Crippen LogP) is 0.802. The predicted molar refractivity (Wildman–Crippen MR) is 86.9 cm³/mol. The Morgan fingerprint density at radius 3 is 2.78 bits per heavy atom. The van der Waals surface area contributed by atoms with Crippen LogP contribution < -0.4 is 10.6 Å². The van der Waals surface area contributed by atoms with E-state index in [1.165, 1.54) is 0 Å². The average molecular weight is 316 g/mol. The van der Waals surface area contributed by atoms with E-state index < -0.39 is 0 Å². The van der Waals surface area contributed by atoms with Gasteiger partial charge in [0.25, 0.3) is 5.91 Å². The minimum absolute atomic E-state index is 0.00997. The molecule has 2 unspecified atom stereocenters. The number of rotatable bonds is 3. The lowest BCUT2D eigenvalue weighted by Crippen LogP contribution is -2.51. The minimum Gasteiger partial charge on any atom is -0.352 e. The zero-order valence-corrected chi connectivity index (χ0v) is 13.3. The van der Waals surface area contributed by atoms with Crippen molar-refractivity contribution in [3.05, 3.63) is 30.1 Å². The highest BCUT2D eigenvalue weighted by Crippen LogP contribution is 2.19. The van der Waals surface area contributed by atoms with Gasteiger partial charge < -0.3 is 15.5 Å². The first kappa shape index (κ1) is 15.9. The van der Waals surface area contributed by atoms with E-state index in [0.29, 0.717) is 12.1 Å². The van der Waals surface area contributed by atoms with Gasteiger partial charge in [-0.2, -0.15) is 0 Å². The molecule has 2 amide bonds. The third-order valence-corrected chi connectivity index (χ3v) is 4.65. The smallest absolute Gasteiger partial charge is 0.253 e. The van der Waals surface area contributed by atoms with Gasteiger partial charge in [0.1, 0.15) is 0 Å². The molecule has 0 aromatic carbocycles. The van der Waals surface area contributed by atoms with E-state index in [1.807, 2.05) is 0 Å². The van der Waals surface area contributed by atoms with Crippen molar-refractivity contribution in [2.75, 3.05) is 26.2 Å². The fourth-order valence-electron chi connectivity index (χ4n) is 3.35. The third-order valence-electron chi connectivity index (χ3n) is 4.65. The van der Waals surface area contributed by atoms with Crippen molar-refractivity contribution in [3.63, 3.8) is 0 Å². The molecule has 6 nitrogen and oxygen atoms in total. The summed E-state index contributed by atoms with van der Waals surface area (Å²) in [6.45, 7) is 3.10. The molecule has 2 saturated heterocycles. The number of piperidine rings is 2. The van der Waals surface area contributed by atoms with Gasteiger partial charge in [0.05, 0.1) is 5.92 Å². The summed E-state index contributed by atoms with van der Waals surface area (Å²) in [5.74, 6) is -0.0216. The van der Waals surface area contributed by atoms with Gasteiger partial charge in [0, 0.05) is 43.6 Å². The molecule has 1 aromatic rings. The first-order valence-corrected chi connectivity index (χ1v) is 8.44. The van der Waals surface area contributed by atoms with Gasteiger partial charge in [0.15, 0.2) is 0 Å². The van der Waals surface area contributed by atoms with E-state index in [9.17, 15) is 9.59 Å². The number of aromatic nitrogens is 1. The van der Waals surface area contributed by atoms with Crippen LogP contribution in [-0.2, 0) is 4.79 Å². The lowest BCUT2D eigenvalue weighted by molar-refractivity contribution is -0.127.